The average Bonchev–Trinajstić information content (AvgIpc) is 2.36. The molecule has 20 heavy (non-hydrogen) atoms. The third-order valence-corrected chi connectivity index (χ3v) is 5.30. The molecule has 1 atom stereocenters. The zero-order valence-electron chi connectivity index (χ0n) is 11.5. The molecule has 0 aliphatic rings. The molecule has 1 aromatic rings. The molecule has 0 aliphatic heterocycles. The van der Waals surface area contributed by atoms with Crippen molar-refractivity contribution in [2.75, 3.05) is 6.54 Å². The van der Waals surface area contributed by atoms with Gasteiger partial charge in [0, 0.05) is 16.7 Å². The van der Waals surface area contributed by atoms with Crippen molar-refractivity contribution in [2.45, 2.75) is 41.7 Å². The summed E-state index contributed by atoms with van der Waals surface area (Å²) in [6, 6.07) is 6.64. The Balaban J connectivity index is 2.96. The third-order valence-electron chi connectivity index (χ3n) is 2.47. The van der Waals surface area contributed by atoms with Gasteiger partial charge in [0.1, 0.15) is 0 Å². The van der Waals surface area contributed by atoms with Crippen LogP contribution in [-0.2, 0) is 14.8 Å². The summed E-state index contributed by atoms with van der Waals surface area (Å²) in [5.41, 5.74) is 0. The highest BCUT2D eigenvalue weighted by molar-refractivity contribution is 8.00. The summed E-state index contributed by atoms with van der Waals surface area (Å²) < 4.78 is 26.9. The number of sulfonamides is 1. The molecule has 1 rings (SSSR count). The van der Waals surface area contributed by atoms with Gasteiger partial charge in [-0.1, -0.05) is 26.0 Å². The molecule has 0 aliphatic carbocycles. The van der Waals surface area contributed by atoms with Crippen molar-refractivity contribution in [3.8, 4) is 0 Å². The lowest BCUT2D eigenvalue weighted by Gasteiger charge is -2.13. The van der Waals surface area contributed by atoms with Gasteiger partial charge in [-0.2, -0.15) is 0 Å². The molecule has 112 valence electrons. The Bertz CT molecular complexity index is 557. The largest absolute Gasteiger partial charge is 0.481 e. The van der Waals surface area contributed by atoms with Gasteiger partial charge in [-0.15, -0.1) is 11.8 Å². The summed E-state index contributed by atoms with van der Waals surface area (Å²) in [6.45, 7) is 4.03. The van der Waals surface area contributed by atoms with E-state index in [1.807, 2.05) is 6.92 Å². The van der Waals surface area contributed by atoms with Crippen LogP contribution in [0.15, 0.2) is 34.1 Å². The Hall–Kier alpha value is -1.05. The van der Waals surface area contributed by atoms with Crippen LogP contribution in [0.3, 0.4) is 0 Å². The van der Waals surface area contributed by atoms with Crippen LogP contribution in [-0.4, -0.2) is 31.3 Å². The lowest BCUT2D eigenvalue weighted by molar-refractivity contribution is -0.136. The molecule has 0 fully saturated rings. The lowest BCUT2D eigenvalue weighted by Crippen LogP contribution is -2.25. The van der Waals surface area contributed by atoms with Gasteiger partial charge in [0.15, 0.2) is 0 Å². The summed E-state index contributed by atoms with van der Waals surface area (Å²) in [4.78, 5) is 11.5. The van der Waals surface area contributed by atoms with Crippen molar-refractivity contribution in [3.05, 3.63) is 24.3 Å². The van der Waals surface area contributed by atoms with Gasteiger partial charge in [0.2, 0.25) is 10.0 Å². The molecular formula is C13H19NO4S2. The van der Waals surface area contributed by atoms with E-state index in [2.05, 4.69) is 4.72 Å². The van der Waals surface area contributed by atoms with Gasteiger partial charge in [-0.25, -0.2) is 13.1 Å². The van der Waals surface area contributed by atoms with E-state index in [0.717, 1.165) is 0 Å². The van der Waals surface area contributed by atoms with E-state index < -0.39 is 16.0 Å². The van der Waals surface area contributed by atoms with Crippen LogP contribution in [0.2, 0.25) is 0 Å². The summed E-state index contributed by atoms with van der Waals surface area (Å²) in [5, 5.41) is 8.56. The Kier molecular flexibility index (Phi) is 6.51. The fraction of sp³-hybridized carbons (Fsp3) is 0.462. The standard InChI is InChI=1S/C13H19NO4S2/c1-3-8-14-20(17,18)12-7-5-4-6-11(12)19-10(2)9-13(15)16/h4-7,10,14H,3,8-9H2,1-2H3,(H,15,16). The predicted octanol–water partition coefficient (Wildman–Crippen LogP) is 2.33. The van der Waals surface area contributed by atoms with Crippen molar-refractivity contribution >= 4 is 27.8 Å². The molecule has 0 spiro atoms. The van der Waals surface area contributed by atoms with Crippen molar-refractivity contribution in [2.24, 2.45) is 0 Å². The molecule has 0 aromatic heterocycles. The lowest BCUT2D eigenvalue weighted by atomic mass is 10.3. The molecule has 0 amide bonds. The Labute approximate surface area is 123 Å². The predicted molar refractivity (Wildman–Crippen MR) is 79.5 cm³/mol. The first-order valence-electron chi connectivity index (χ1n) is 6.34. The highest BCUT2D eigenvalue weighted by atomic mass is 32.2. The van der Waals surface area contributed by atoms with Gasteiger partial charge < -0.3 is 5.11 Å². The normalized spacial score (nSPS) is 13.1. The van der Waals surface area contributed by atoms with Crippen LogP contribution >= 0.6 is 11.8 Å². The maximum atomic E-state index is 12.2. The van der Waals surface area contributed by atoms with Crippen LogP contribution in [0.1, 0.15) is 26.7 Å². The molecule has 7 heteroatoms. The summed E-state index contributed by atoms with van der Waals surface area (Å²) in [6.07, 6.45) is 0.700. The number of aliphatic carboxylic acids is 1. The second kappa shape index (κ2) is 7.66. The zero-order chi connectivity index (χ0) is 15.2. The Morgan fingerprint density at radius 1 is 1.40 bits per heavy atom. The van der Waals surface area contributed by atoms with E-state index in [4.69, 9.17) is 5.11 Å². The fourth-order valence-electron chi connectivity index (χ4n) is 1.59. The molecule has 2 N–H and O–H groups in total. The van der Waals surface area contributed by atoms with Crippen molar-refractivity contribution < 1.29 is 18.3 Å². The third kappa shape index (κ3) is 5.15. The van der Waals surface area contributed by atoms with Crippen molar-refractivity contribution in [1.29, 1.82) is 0 Å². The Morgan fingerprint density at radius 2 is 2.05 bits per heavy atom. The topological polar surface area (TPSA) is 83.5 Å². The summed E-state index contributed by atoms with van der Waals surface area (Å²) >= 11 is 1.26. The van der Waals surface area contributed by atoms with Crippen LogP contribution < -0.4 is 4.72 Å². The van der Waals surface area contributed by atoms with E-state index in [9.17, 15) is 13.2 Å². The number of rotatable bonds is 8. The van der Waals surface area contributed by atoms with Crippen LogP contribution in [0.4, 0.5) is 0 Å². The minimum Gasteiger partial charge on any atom is -0.481 e. The average molecular weight is 317 g/mol. The van der Waals surface area contributed by atoms with Crippen LogP contribution in [0, 0.1) is 0 Å². The highest BCUT2D eigenvalue weighted by Gasteiger charge is 2.19. The smallest absolute Gasteiger partial charge is 0.304 e. The van der Waals surface area contributed by atoms with Crippen LogP contribution in [0.5, 0.6) is 0 Å². The number of carbonyl (C=O) groups is 1. The highest BCUT2D eigenvalue weighted by Crippen LogP contribution is 2.30. The van der Waals surface area contributed by atoms with Gasteiger partial charge in [0.25, 0.3) is 0 Å². The molecule has 5 nitrogen and oxygen atoms in total. The molecule has 1 aromatic carbocycles. The second-order valence-electron chi connectivity index (χ2n) is 4.37. The minimum absolute atomic E-state index is 0.0125. The van der Waals surface area contributed by atoms with E-state index in [0.29, 0.717) is 17.9 Å². The quantitative estimate of drug-likeness (QED) is 0.719. The number of hydrogen-bond acceptors (Lipinski definition) is 4. The SMILES string of the molecule is CCCNS(=O)(=O)c1ccccc1SC(C)CC(=O)O. The van der Waals surface area contributed by atoms with Gasteiger partial charge in [-0.3, -0.25) is 4.79 Å². The molecule has 1 unspecified atom stereocenters. The molecule has 0 saturated heterocycles. The molecule has 0 heterocycles. The van der Waals surface area contributed by atoms with Crippen molar-refractivity contribution in [3.63, 3.8) is 0 Å². The number of thioether (sulfide) groups is 1. The molecule has 0 saturated carbocycles. The number of carboxylic acids is 1. The first kappa shape index (κ1) is 17.0. The van der Waals surface area contributed by atoms with E-state index in [1.54, 1.807) is 25.1 Å². The van der Waals surface area contributed by atoms with Crippen LogP contribution in [0.25, 0.3) is 0 Å². The van der Waals surface area contributed by atoms with Gasteiger partial charge in [0.05, 0.1) is 11.3 Å². The summed E-state index contributed by atoms with van der Waals surface area (Å²) in [7, 11) is -3.55. The maximum Gasteiger partial charge on any atom is 0.304 e. The fourth-order valence-corrected chi connectivity index (χ4v) is 4.28. The van der Waals surface area contributed by atoms with Gasteiger partial charge >= 0.3 is 5.97 Å². The number of nitrogens with one attached hydrogen (secondary N) is 1. The second-order valence-corrected chi connectivity index (χ2v) is 7.59. The summed E-state index contributed by atoms with van der Waals surface area (Å²) in [5.74, 6) is -0.894. The zero-order valence-corrected chi connectivity index (χ0v) is 13.1. The first-order chi connectivity index (χ1) is 9.36. The molecular weight excluding hydrogens is 298 g/mol. The Morgan fingerprint density at radius 3 is 2.65 bits per heavy atom. The van der Waals surface area contributed by atoms with Crippen molar-refractivity contribution in [1.82, 2.24) is 4.72 Å². The van der Waals surface area contributed by atoms with E-state index in [1.165, 1.54) is 17.8 Å². The number of carboxylic acid groups (broad SMARTS) is 1. The molecule has 0 bridgehead atoms. The maximum absolute atomic E-state index is 12.2. The van der Waals surface area contributed by atoms with E-state index >= 15 is 0 Å². The van der Waals surface area contributed by atoms with Gasteiger partial charge in [-0.05, 0) is 18.6 Å². The minimum atomic E-state index is -3.55. The molecule has 0 radical (unpaired) electrons. The van der Waals surface area contributed by atoms with E-state index in [-0.39, 0.29) is 16.6 Å². The number of benzene rings is 1. The number of hydrogen-bond donors (Lipinski definition) is 2. The first-order valence-corrected chi connectivity index (χ1v) is 8.70. The monoisotopic (exact) mass is 317 g/mol.